The van der Waals surface area contributed by atoms with Crippen LogP contribution in [-0.4, -0.2) is 11.7 Å². The number of rotatable bonds is 3. The van der Waals surface area contributed by atoms with Crippen molar-refractivity contribution in [1.29, 1.82) is 0 Å². The van der Waals surface area contributed by atoms with E-state index in [9.17, 15) is 10.1 Å². The Bertz CT molecular complexity index is 690. The molecule has 6 nitrogen and oxygen atoms in total. The molecule has 0 bridgehead atoms. The van der Waals surface area contributed by atoms with Crippen LogP contribution in [0.3, 0.4) is 0 Å². The van der Waals surface area contributed by atoms with Gasteiger partial charge in [-0.3, -0.25) is 10.1 Å². The van der Waals surface area contributed by atoms with Crippen molar-refractivity contribution in [3.63, 3.8) is 0 Å². The van der Waals surface area contributed by atoms with E-state index in [1.165, 1.54) is 6.07 Å². The molecule has 0 saturated heterocycles. The van der Waals surface area contributed by atoms with Crippen molar-refractivity contribution in [1.82, 2.24) is 0 Å². The molecule has 0 atom stereocenters. The van der Waals surface area contributed by atoms with Gasteiger partial charge in [0.25, 0.3) is 0 Å². The minimum absolute atomic E-state index is 0.0840. The van der Waals surface area contributed by atoms with Crippen LogP contribution in [0.5, 0.6) is 11.5 Å². The molecular formula is C13H9ClN2O4. The fourth-order valence-electron chi connectivity index (χ4n) is 1.93. The predicted octanol–water partition coefficient (Wildman–Crippen LogP) is 3.72. The Balaban J connectivity index is 1.95. The first-order valence-corrected chi connectivity index (χ1v) is 6.12. The highest BCUT2D eigenvalue weighted by Gasteiger charge is 2.19. The van der Waals surface area contributed by atoms with Crippen LogP contribution in [0, 0.1) is 10.1 Å². The van der Waals surface area contributed by atoms with Crippen LogP contribution in [0.2, 0.25) is 5.02 Å². The van der Waals surface area contributed by atoms with Gasteiger partial charge in [-0.15, -0.1) is 0 Å². The molecule has 0 aromatic heterocycles. The molecule has 0 spiro atoms. The van der Waals surface area contributed by atoms with Crippen LogP contribution in [0.4, 0.5) is 17.1 Å². The lowest BCUT2D eigenvalue weighted by Gasteiger charge is -2.08. The van der Waals surface area contributed by atoms with Crippen LogP contribution in [0.1, 0.15) is 0 Å². The van der Waals surface area contributed by atoms with Crippen molar-refractivity contribution in [3.05, 3.63) is 51.5 Å². The van der Waals surface area contributed by atoms with E-state index in [0.29, 0.717) is 22.9 Å². The van der Waals surface area contributed by atoms with Crippen LogP contribution in [-0.2, 0) is 0 Å². The minimum atomic E-state index is -0.516. The zero-order valence-electron chi connectivity index (χ0n) is 10.1. The number of hydrogen-bond acceptors (Lipinski definition) is 5. The van der Waals surface area contributed by atoms with Crippen LogP contribution in [0.15, 0.2) is 36.4 Å². The van der Waals surface area contributed by atoms with Gasteiger partial charge in [0.15, 0.2) is 11.5 Å². The number of para-hydroxylation sites is 1. The first kappa shape index (κ1) is 12.6. The third-order valence-corrected chi connectivity index (χ3v) is 3.13. The number of hydrogen-bond donors (Lipinski definition) is 1. The van der Waals surface area contributed by atoms with E-state index in [-0.39, 0.29) is 17.5 Å². The van der Waals surface area contributed by atoms with Crippen molar-refractivity contribution >= 4 is 28.7 Å². The summed E-state index contributed by atoms with van der Waals surface area (Å²) >= 11 is 5.86. The van der Waals surface area contributed by atoms with Crippen LogP contribution < -0.4 is 14.8 Å². The normalized spacial score (nSPS) is 12.2. The molecule has 0 saturated carbocycles. The molecule has 0 fully saturated rings. The van der Waals surface area contributed by atoms with Crippen molar-refractivity contribution < 1.29 is 14.4 Å². The Labute approximate surface area is 119 Å². The Morgan fingerprint density at radius 3 is 2.80 bits per heavy atom. The largest absolute Gasteiger partial charge is 0.454 e. The van der Waals surface area contributed by atoms with Gasteiger partial charge in [-0.05, 0) is 24.3 Å². The minimum Gasteiger partial charge on any atom is -0.454 e. The van der Waals surface area contributed by atoms with E-state index < -0.39 is 4.92 Å². The molecule has 0 unspecified atom stereocenters. The molecular weight excluding hydrogens is 284 g/mol. The van der Waals surface area contributed by atoms with Crippen molar-refractivity contribution in [2.24, 2.45) is 0 Å². The molecule has 0 radical (unpaired) electrons. The monoisotopic (exact) mass is 292 g/mol. The molecule has 3 rings (SSSR count). The zero-order chi connectivity index (χ0) is 14.1. The molecule has 102 valence electrons. The number of nitrogens with one attached hydrogen (secondary N) is 1. The fourth-order valence-corrected chi connectivity index (χ4v) is 2.18. The van der Waals surface area contributed by atoms with Crippen molar-refractivity contribution in [3.8, 4) is 11.5 Å². The molecule has 0 amide bonds. The number of halogens is 1. The molecule has 2 aromatic carbocycles. The smallest absolute Gasteiger partial charge is 0.311 e. The summed E-state index contributed by atoms with van der Waals surface area (Å²) < 4.78 is 10.5. The summed E-state index contributed by atoms with van der Waals surface area (Å²) in [6.07, 6.45) is 0. The molecule has 1 aliphatic rings. The second-order valence-electron chi connectivity index (χ2n) is 4.09. The van der Waals surface area contributed by atoms with Gasteiger partial charge < -0.3 is 14.8 Å². The third-order valence-electron chi connectivity index (χ3n) is 2.82. The highest BCUT2D eigenvalue weighted by molar-refractivity contribution is 6.33. The lowest BCUT2D eigenvalue weighted by atomic mass is 10.2. The maximum absolute atomic E-state index is 11.1. The van der Waals surface area contributed by atoms with E-state index in [1.54, 1.807) is 30.3 Å². The van der Waals surface area contributed by atoms with E-state index in [4.69, 9.17) is 21.1 Å². The van der Waals surface area contributed by atoms with E-state index in [2.05, 4.69) is 5.32 Å². The van der Waals surface area contributed by atoms with E-state index in [0.717, 1.165) is 0 Å². The second kappa shape index (κ2) is 4.90. The van der Waals surface area contributed by atoms with Gasteiger partial charge in [-0.2, -0.15) is 0 Å². The molecule has 1 aliphatic heterocycles. The van der Waals surface area contributed by atoms with Gasteiger partial charge in [0.2, 0.25) is 6.79 Å². The highest BCUT2D eigenvalue weighted by atomic mass is 35.5. The molecule has 1 N–H and O–H groups in total. The van der Waals surface area contributed by atoms with E-state index in [1.807, 2.05) is 0 Å². The molecule has 1 heterocycles. The second-order valence-corrected chi connectivity index (χ2v) is 4.49. The zero-order valence-corrected chi connectivity index (χ0v) is 10.9. The molecule has 0 aliphatic carbocycles. The number of fused-ring (bicyclic) bond motifs is 1. The van der Waals surface area contributed by atoms with Crippen molar-refractivity contribution in [2.75, 3.05) is 12.1 Å². The van der Waals surface area contributed by atoms with Crippen LogP contribution in [0.25, 0.3) is 0 Å². The number of ether oxygens (including phenoxy) is 2. The number of benzene rings is 2. The SMILES string of the molecule is O=[N+]([O-])c1c(Cl)cccc1Nc1ccc2c(c1)OCO2. The van der Waals surface area contributed by atoms with Crippen molar-refractivity contribution in [2.45, 2.75) is 0 Å². The number of nitro groups is 1. The van der Waals surface area contributed by atoms with Gasteiger partial charge in [0.1, 0.15) is 10.7 Å². The lowest BCUT2D eigenvalue weighted by molar-refractivity contribution is -0.383. The highest BCUT2D eigenvalue weighted by Crippen LogP contribution is 2.38. The molecule has 2 aromatic rings. The summed E-state index contributed by atoms with van der Waals surface area (Å²) in [4.78, 5) is 10.5. The maximum Gasteiger partial charge on any atom is 0.311 e. The Morgan fingerprint density at radius 1 is 1.20 bits per heavy atom. The topological polar surface area (TPSA) is 73.6 Å². The number of anilines is 2. The first-order valence-electron chi connectivity index (χ1n) is 5.75. The summed E-state index contributed by atoms with van der Waals surface area (Å²) in [7, 11) is 0. The summed E-state index contributed by atoms with van der Waals surface area (Å²) in [6, 6.07) is 9.91. The average molecular weight is 293 g/mol. The molecule has 7 heteroatoms. The first-order chi connectivity index (χ1) is 9.65. The predicted molar refractivity (Wildman–Crippen MR) is 74.0 cm³/mol. The Hall–Kier alpha value is -2.47. The summed E-state index contributed by atoms with van der Waals surface area (Å²) in [5.74, 6) is 1.25. The summed E-state index contributed by atoms with van der Waals surface area (Å²) in [6.45, 7) is 0.177. The van der Waals surface area contributed by atoms with Gasteiger partial charge >= 0.3 is 5.69 Å². The third kappa shape index (κ3) is 2.21. The fraction of sp³-hybridized carbons (Fsp3) is 0.0769. The molecule has 20 heavy (non-hydrogen) atoms. The van der Waals surface area contributed by atoms with Gasteiger partial charge in [0.05, 0.1) is 4.92 Å². The average Bonchev–Trinajstić information content (AvgIpc) is 2.85. The van der Waals surface area contributed by atoms with Gasteiger partial charge in [-0.1, -0.05) is 17.7 Å². The standard InChI is InChI=1S/C13H9ClN2O4/c14-9-2-1-3-10(13(9)16(17)18)15-8-4-5-11-12(6-8)20-7-19-11/h1-6,15H,7H2. The lowest BCUT2D eigenvalue weighted by Crippen LogP contribution is -1.97. The maximum atomic E-state index is 11.1. The van der Waals surface area contributed by atoms with Gasteiger partial charge in [-0.25, -0.2) is 0 Å². The van der Waals surface area contributed by atoms with E-state index >= 15 is 0 Å². The number of nitrogens with zero attached hydrogens (tertiary/aromatic N) is 1. The number of nitro benzene ring substituents is 1. The summed E-state index contributed by atoms with van der Waals surface area (Å²) in [5, 5.41) is 14.1. The Morgan fingerprint density at radius 2 is 2.00 bits per heavy atom. The Kier molecular flexibility index (Phi) is 3.08. The summed E-state index contributed by atoms with van der Waals surface area (Å²) in [5.41, 5.74) is 0.813. The van der Waals surface area contributed by atoms with Crippen LogP contribution >= 0.6 is 11.6 Å². The quantitative estimate of drug-likeness (QED) is 0.689. The van der Waals surface area contributed by atoms with Gasteiger partial charge in [0, 0.05) is 11.8 Å².